The van der Waals surface area contributed by atoms with Crippen molar-refractivity contribution >= 4 is 21.8 Å². The Labute approximate surface area is 206 Å². The second kappa shape index (κ2) is 13.7. The molecule has 2 aromatic rings. The van der Waals surface area contributed by atoms with Gasteiger partial charge in [-0.15, -0.1) is 19.4 Å². The monoisotopic (exact) mass is 498 g/mol. The van der Waals surface area contributed by atoms with Crippen LogP contribution in [0.15, 0.2) is 48.5 Å². The Morgan fingerprint density at radius 3 is 1.84 bits per heavy atom. The van der Waals surface area contributed by atoms with Crippen molar-refractivity contribution in [3.63, 3.8) is 0 Å². The standard InChI is InChI=1S/C23H39P2.C5H5.Fe/c1-18(24-23(2,3)4)21-16-11-17-22(21)25(19-12-7-5-8-13-19)20-14-9-6-10-15-20;1-2-4-5-3-1;/h11,16-20,24H,5-10,12-15H2,1-4H3;1-5H;/q2*-1;+2/t18-;;/m1../s1. The molecule has 0 aliphatic heterocycles. The predicted molar refractivity (Wildman–Crippen MR) is 141 cm³/mol. The van der Waals surface area contributed by atoms with Crippen LogP contribution in [0.2, 0.25) is 0 Å². The molecule has 2 saturated carbocycles. The number of hydrogen-bond acceptors (Lipinski definition) is 0. The minimum absolute atomic E-state index is 0. The van der Waals surface area contributed by atoms with Gasteiger partial charge in [0.25, 0.3) is 0 Å². The molecule has 2 atom stereocenters. The van der Waals surface area contributed by atoms with Crippen LogP contribution in [0.5, 0.6) is 0 Å². The van der Waals surface area contributed by atoms with Crippen molar-refractivity contribution < 1.29 is 17.1 Å². The van der Waals surface area contributed by atoms with Crippen LogP contribution < -0.4 is 5.30 Å². The van der Waals surface area contributed by atoms with Crippen molar-refractivity contribution in [2.75, 3.05) is 0 Å². The van der Waals surface area contributed by atoms with E-state index in [2.05, 4.69) is 45.9 Å². The van der Waals surface area contributed by atoms with Gasteiger partial charge in [-0.3, -0.25) is 0 Å². The minimum atomic E-state index is 0. The van der Waals surface area contributed by atoms with Gasteiger partial charge < -0.3 is 0 Å². The Morgan fingerprint density at radius 2 is 1.42 bits per heavy atom. The maximum Gasteiger partial charge on any atom is 2.00 e. The van der Waals surface area contributed by atoms with Crippen molar-refractivity contribution in [3.05, 3.63) is 54.1 Å². The maximum atomic E-state index is 2.55. The zero-order valence-corrected chi connectivity index (χ0v) is 23.2. The summed E-state index contributed by atoms with van der Waals surface area (Å²) in [6, 6.07) is 17.4. The third-order valence-electron chi connectivity index (χ3n) is 6.71. The maximum absolute atomic E-state index is 2.55. The summed E-state index contributed by atoms with van der Waals surface area (Å²) in [5.41, 5.74) is 4.52. The van der Waals surface area contributed by atoms with E-state index in [9.17, 15) is 0 Å². The molecule has 2 aliphatic carbocycles. The largest absolute Gasteiger partial charge is 2.00 e. The molecule has 3 heteroatoms. The zero-order valence-electron chi connectivity index (χ0n) is 20.2. The topological polar surface area (TPSA) is 0 Å². The molecule has 0 N–H and O–H groups in total. The van der Waals surface area contributed by atoms with E-state index in [1.165, 1.54) is 64.2 Å². The quantitative estimate of drug-likeness (QED) is 0.219. The first-order valence-electron chi connectivity index (χ1n) is 12.4. The molecule has 0 amide bonds. The summed E-state index contributed by atoms with van der Waals surface area (Å²) in [5.74, 6) is 0. The van der Waals surface area contributed by atoms with E-state index in [0.29, 0.717) is 5.16 Å². The Morgan fingerprint density at radius 1 is 0.903 bits per heavy atom. The van der Waals surface area contributed by atoms with Crippen LogP contribution in [0.4, 0.5) is 0 Å². The molecule has 2 fully saturated rings. The molecule has 0 bridgehead atoms. The Balaban J connectivity index is 0.000000501. The first kappa shape index (κ1) is 27.3. The van der Waals surface area contributed by atoms with Crippen LogP contribution in [-0.4, -0.2) is 16.5 Å². The van der Waals surface area contributed by atoms with Crippen molar-refractivity contribution in [3.8, 4) is 0 Å². The van der Waals surface area contributed by atoms with E-state index in [1.54, 1.807) is 5.56 Å². The molecule has 0 nitrogen and oxygen atoms in total. The van der Waals surface area contributed by atoms with Crippen LogP contribution in [0.3, 0.4) is 0 Å². The van der Waals surface area contributed by atoms with E-state index in [-0.39, 0.29) is 25.0 Å². The van der Waals surface area contributed by atoms with Crippen LogP contribution in [0, 0.1) is 0 Å². The van der Waals surface area contributed by atoms with Gasteiger partial charge >= 0.3 is 17.1 Å². The summed E-state index contributed by atoms with van der Waals surface area (Å²) in [7, 11) is 1.08. The summed E-state index contributed by atoms with van der Waals surface area (Å²) in [5, 5.41) is 2.28. The van der Waals surface area contributed by atoms with Crippen LogP contribution in [0.1, 0.15) is 103 Å². The molecule has 174 valence electrons. The number of hydrogen-bond donors (Lipinski definition) is 0. The van der Waals surface area contributed by atoms with E-state index in [4.69, 9.17) is 0 Å². The predicted octanol–water partition coefficient (Wildman–Crippen LogP) is 9.12. The van der Waals surface area contributed by atoms with Gasteiger partial charge in [0.2, 0.25) is 0 Å². The fourth-order valence-corrected chi connectivity index (χ4v) is 11.4. The van der Waals surface area contributed by atoms with Gasteiger partial charge in [0.15, 0.2) is 0 Å². The molecule has 1 unspecified atom stereocenters. The van der Waals surface area contributed by atoms with Crippen molar-refractivity contribution in [1.29, 1.82) is 0 Å². The van der Waals surface area contributed by atoms with Gasteiger partial charge in [-0.1, -0.05) is 74.1 Å². The van der Waals surface area contributed by atoms with Crippen molar-refractivity contribution in [2.45, 2.75) is 114 Å². The third kappa shape index (κ3) is 8.74. The van der Waals surface area contributed by atoms with Gasteiger partial charge in [-0.25, -0.2) is 24.3 Å². The zero-order chi connectivity index (χ0) is 21.4. The minimum Gasteiger partial charge on any atom is -0.214 e. The van der Waals surface area contributed by atoms with E-state index >= 15 is 0 Å². The van der Waals surface area contributed by atoms with Gasteiger partial charge in [-0.05, 0) is 47.8 Å². The molecule has 0 radical (unpaired) electrons. The normalized spacial score (nSPS) is 19.8. The van der Waals surface area contributed by atoms with Gasteiger partial charge in [0, 0.05) is 0 Å². The summed E-state index contributed by atoms with van der Waals surface area (Å²) < 4.78 is 0. The average Bonchev–Trinajstić information content (AvgIpc) is 3.44. The fraction of sp³-hybridized carbons (Fsp3) is 0.643. The molecule has 31 heavy (non-hydrogen) atoms. The van der Waals surface area contributed by atoms with Crippen LogP contribution in [-0.2, 0) is 17.1 Å². The van der Waals surface area contributed by atoms with E-state index in [0.717, 1.165) is 25.6 Å². The molecular weight excluding hydrogens is 454 g/mol. The molecule has 0 aromatic heterocycles. The summed E-state index contributed by atoms with van der Waals surface area (Å²) in [6.45, 7) is 9.73. The van der Waals surface area contributed by atoms with E-state index in [1.807, 2.05) is 35.6 Å². The first-order valence-corrected chi connectivity index (χ1v) is 15.0. The summed E-state index contributed by atoms with van der Waals surface area (Å²) in [6.07, 6.45) is 15.0. The molecular formula is C28H44FeP2. The van der Waals surface area contributed by atoms with Gasteiger partial charge in [0.1, 0.15) is 0 Å². The number of rotatable bonds is 5. The second-order valence-corrected chi connectivity index (χ2v) is 15.8. The molecule has 2 aliphatic rings. The molecule has 2 aromatic carbocycles. The molecule has 4 rings (SSSR count). The third-order valence-corrected chi connectivity index (χ3v) is 11.9. The fourth-order valence-electron chi connectivity index (χ4n) is 5.48. The summed E-state index contributed by atoms with van der Waals surface area (Å²) >= 11 is 0. The first-order chi connectivity index (χ1) is 14.5. The molecule has 0 spiro atoms. The Kier molecular flexibility index (Phi) is 12.1. The van der Waals surface area contributed by atoms with Crippen molar-refractivity contribution in [1.82, 2.24) is 0 Å². The second-order valence-electron chi connectivity index (χ2n) is 10.4. The van der Waals surface area contributed by atoms with Crippen LogP contribution >= 0.6 is 16.5 Å². The van der Waals surface area contributed by atoms with Crippen LogP contribution in [0.25, 0.3) is 0 Å². The van der Waals surface area contributed by atoms with E-state index < -0.39 is 0 Å². The van der Waals surface area contributed by atoms with Crippen molar-refractivity contribution in [2.24, 2.45) is 0 Å². The Hall–Kier alpha value is 0.0795. The Bertz CT molecular complexity index is 650. The molecule has 0 saturated heterocycles. The molecule has 0 heterocycles. The van der Waals surface area contributed by atoms with Gasteiger partial charge in [-0.2, -0.15) is 24.3 Å². The smallest absolute Gasteiger partial charge is 0.214 e. The average molecular weight is 498 g/mol. The van der Waals surface area contributed by atoms with Gasteiger partial charge in [0.05, 0.1) is 0 Å². The SMILES string of the molecule is C[C@@H](PC(C)(C)C)[c-]1cccc1P(C1CCCCC1)C1CCCCC1.[Fe+2].c1cc[cH-]c1. The summed E-state index contributed by atoms with van der Waals surface area (Å²) in [4.78, 5) is 0.